The molecule has 1 fully saturated rings. The molecule has 3 nitrogen and oxygen atoms in total. The molecule has 0 aromatic heterocycles. The zero-order valence-electron chi connectivity index (χ0n) is 8.75. The fourth-order valence-corrected chi connectivity index (χ4v) is 1.67. The van der Waals surface area contributed by atoms with Crippen LogP contribution in [0, 0.1) is 0 Å². The molecule has 0 aromatic rings. The molecule has 0 spiro atoms. The summed E-state index contributed by atoms with van der Waals surface area (Å²) in [5.41, 5.74) is 0.0839. The molecular weight excluding hydrogens is 180 g/mol. The van der Waals surface area contributed by atoms with Gasteiger partial charge in [-0.2, -0.15) is 0 Å². The van der Waals surface area contributed by atoms with Crippen LogP contribution in [0.15, 0.2) is 12.7 Å². The maximum absolute atomic E-state index is 10.7. The van der Waals surface area contributed by atoms with Gasteiger partial charge in [-0.05, 0) is 25.7 Å². The first kappa shape index (κ1) is 11.2. The Morgan fingerprint density at radius 3 is 2.86 bits per heavy atom. The third-order valence-electron chi connectivity index (χ3n) is 2.80. The Balaban J connectivity index is 2.08. The summed E-state index contributed by atoms with van der Waals surface area (Å²) < 4.78 is 10.4. The SMILES string of the molecule is C=CC(=O)OCCCC1(CC)CCO1. The van der Waals surface area contributed by atoms with E-state index < -0.39 is 0 Å². The van der Waals surface area contributed by atoms with E-state index in [9.17, 15) is 4.79 Å². The van der Waals surface area contributed by atoms with Crippen LogP contribution in [0.2, 0.25) is 0 Å². The minimum absolute atomic E-state index is 0.0839. The standard InChI is InChI=1S/C11H18O3/c1-3-10(12)13-8-5-6-11(4-2)7-9-14-11/h3H,1,4-9H2,2H3. The Hall–Kier alpha value is -0.830. The van der Waals surface area contributed by atoms with Crippen LogP contribution >= 0.6 is 0 Å². The zero-order valence-corrected chi connectivity index (χ0v) is 8.75. The molecule has 1 aliphatic heterocycles. The van der Waals surface area contributed by atoms with Crippen molar-refractivity contribution in [2.75, 3.05) is 13.2 Å². The van der Waals surface area contributed by atoms with Crippen molar-refractivity contribution in [3.63, 3.8) is 0 Å². The maximum Gasteiger partial charge on any atom is 0.330 e. The van der Waals surface area contributed by atoms with Crippen molar-refractivity contribution in [1.29, 1.82) is 0 Å². The molecule has 0 aromatic carbocycles. The van der Waals surface area contributed by atoms with Crippen LogP contribution in [0.3, 0.4) is 0 Å². The Labute approximate surface area is 85.1 Å². The number of ether oxygens (including phenoxy) is 2. The highest BCUT2D eigenvalue weighted by Gasteiger charge is 2.35. The van der Waals surface area contributed by atoms with E-state index in [2.05, 4.69) is 13.5 Å². The van der Waals surface area contributed by atoms with E-state index in [1.807, 2.05) is 0 Å². The maximum atomic E-state index is 10.7. The van der Waals surface area contributed by atoms with Crippen molar-refractivity contribution in [3.8, 4) is 0 Å². The van der Waals surface area contributed by atoms with Gasteiger partial charge in [-0.25, -0.2) is 4.79 Å². The first-order valence-corrected chi connectivity index (χ1v) is 5.15. The van der Waals surface area contributed by atoms with Crippen LogP contribution in [-0.2, 0) is 14.3 Å². The molecule has 0 bridgehead atoms. The average molecular weight is 198 g/mol. The molecule has 14 heavy (non-hydrogen) atoms. The molecule has 1 atom stereocenters. The normalized spacial score (nSPS) is 25.2. The van der Waals surface area contributed by atoms with E-state index >= 15 is 0 Å². The lowest BCUT2D eigenvalue weighted by atomic mass is 9.87. The van der Waals surface area contributed by atoms with Gasteiger partial charge in [0.05, 0.1) is 18.8 Å². The fraction of sp³-hybridized carbons (Fsp3) is 0.727. The number of carbonyl (C=O) groups excluding carboxylic acids is 1. The number of rotatable bonds is 6. The minimum atomic E-state index is -0.343. The van der Waals surface area contributed by atoms with E-state index in [0.29, 0.717) is 6.61 Å². The van der Waals surface area contributed by atoms with Gasteiger partial charge in [-0.3, -0.25) is 0 Å². The second-order valence-electron chi connectivity index (χ2n) is 3.61. The summed E-state index contributed by atoms with van der Waals surface area (Å²) in [6, 6.07) is 0. The van der Waals surface area contributed by atoms with E-state index in [-0.39, 0.29) is 11.6 Å². The highest BCUT2D eigenvalue weighted by Crippen LogP contribution is 2.34. The quantitative estimate of drug-likeness (QED) is 0.372. The van der Waals surface area contributed by atoms with Crippen molar-refractivity contribution in [2.45, 2.75) is 38.2 Å². The van der Waals surface area contributed by atoms with Gasteiger partial charge in [0, 0.05) is 6.08 Å². The molecule has 1 rings (SSSR count). The summed E-state index contributed by atoms with van der Waals surface area (Å²) in [6.07, 6.45) is 5.22. The van der Waals surface area contributed by atoms with Crippen molar-refractivity contribution in [2.24, 2.45) is 0 Å². The fourth-order valence-electron chi connectivity index (χ4n) is 1.67. The molecular formula is C11H18O3. The van der Waals surface area contributed by atoms with Gasteiger partial charge >= 0.3 is 5.97 Å². The molecule has 1 aliphatic rings. The summed E-state index contributed by atoms with van der Waals surface area (Å²) in [4.78, 5) is 10.7. The number of hydrogen-bond donors (Lipinski definition) is 0. The third-order valence-corrected chi connectivity index (χ3v) is 2.80. The van der Waals surface area contributed by atoms with Gasteiger partial charge in [-0.1, -0.05) is 13.5 Å². The summed E-state index contributed by atoms with van der Waals surface area (Å²) in [5, 5.41) is 0. The van der Waals surface area contributed by atoms with E-state index in [4.69, 9.17) is 9.47 Å². The lowest BCUT2D eigenvalue weighted by Gasteiger charge is -2.41. The van der Waals surface area contributed by atoms with Gasteiger partial charge in [0.25, 0.3) is 0 Å². The van der Waals surface area contributed by atoms with Crippen molar-refractivity contribution in [3.05, 3.63) is 12.7 Å². The molecule has 80 valence electrons. The Morgan fingerprint density at radius 2 is 2.43 bits per heavy atom. The van der Waals surface area contributed by atoms with E-state index in [0.717, 1.165) is 32.3 Å². The summed E-state index contributed by atoms with van der Waals surface area (Å²) in [7, 11) is 0. The van der Waals surface area contributed by atoms with Crippen LogP contribution in [0.4, 0.5) is 0 Å². The lowest BCUT2D eigenvalue weighted by Crippen LogP contribution is -2.43. The summed E-state index contributed by atoms with van der Waals surface area (Å²) >= 11 is 0. The number of hydrogen-bond acceptors (Lipinski definition) is 3. The average Bonchev–Trinajstić information content (AvgIpc) is 2.15. The summed E-state index contributed by atoms with van der Waals surface area (Å²) in [5.74, 6) is -0.343. The minimum Gasteiger partial charge on any atom is -0.463 e. The molecule has 0 radical (unpaired) electrons. The number of carbonyl (C=O) groups is 1. The predicted octanol–water partition coefficient (Wildman–Crippen LogP) is 2.06. The molecule has 1 unspecified atom stereocenters. The van der Waals surface area contributed by atoms with Gasteiger partial charge in [-0.15, -0.1) is 0 Å². The second-order valence-corrected chi connectivity index (χ2v) is 3.61. The highest BCUT2D eigenvalue weighted by molar-refractivity contribution is 5.81. The lowest BCUT2D eigenvalue weighted by molar-refractivity contribution is -0.157. The van der Waals surface area contributed by atoms with E-state index in [1.54, 1.807) is 0 Å². The number of esters is 1. The Bertz CT molecular complexity index is 201. The van der Waals surface area contributed by atoms with Crippen LogP contribution in [0.25, 0.3) is 0 Å². The van der Waals surface area contributed by atoms with Gasteiger partial charge < -0.3 is 9.47 Å². The van der Waals surface area contributed by atoms with Crippen LogP contribution < -0.4 is 0 Å². The van der Waals surface area contributed by atoms with Crippen LogP contribution in [0.5, 0.6) is 0 Å². The zero-order chi connectivity index (χ0) is 10.4. The predicted molar refractivity (Wildman–Crippen MR) is 54.0 cm³/mol. The van der Waals surface area contributed by atoms with Crippen molar-refractivity contribution >= 4 is 5.97 Å². The van der Waals surface area contributed by atoms with E-state index in [1.165, 1.54) is 6.08 Å². The highest BCUT2D eigenvalue weighted by atomic mass is 16.5. The molecule has 3 heteroatoms. The Morgan fingerprint density at radius 1 is 1.71 bits per heavy atom. The largest absolute Gasteiger partial charge is 0.463 e. The Kier molecular flexibility index (Phi) is 4.14. The first-order chi connectivity index (χ1) is 6.72. The van der Waals surface area contributed by atoms with Gasteiger partial charge in [0.2, 0.25) is 0 Å². The van der Waals surface area contributed by atoms with Gasteiger partial charge in [0.15, 0.2) is 0 Å². The monoisotopic (exact) mass is 198 g/mol. The topological polar surface area (TPSA) is 35.5 Å². The van der Waals surface area contributed by atoms with Gasteiger partial charge in [0.1, 0.15) is 0 Å². The molecule has 0 aliphatic carbocycles. The molecule has 0 saturated carbocycles. The smallest absolute Gasteiger partial charge is 0.330 e. The first-order valence-electron chi connectivity index (χ1n) is 5.15. The molecule has 0 amide bonds. The van der Waals surface area contributed by atoms with Crippen molar-refractivity contribution < 1.29 is 14.3 Å². The molecule has 0 N–H and O–H groups in total. The molecule has 1 heterocycles. The molecule has 1 saturated heterocycles. The van der Waals surface area contributed by atoms with Crippen LogP contribution in [0.1, 0.15) is 32.6 Å². The third kappa shape index (κ3) is 2.84. The van der Waals surface area contributed by atoms with Crippen molar-refractivity contribution in [1.82, 2.24) is 0 Å². The van der Waals surface area contributed by atoms with Crippen LogP contribution in [-0.4, -0.2) is 24.8 Å². The second kappa shape index (κ2) is 5.15. The summed E-state index contributed by atoms with van der Waals surface area (Å²) in [6.45, 7) is 6.81.